The van der Waals surface area contributed by atoms with Gasteiger partial charge in [-0.2, -0.15) is 0 Å². The van der Waals surface area contributed by atoms with E-state index in [9.17, 15) is 0 Å². The molecule has 76 valence electrons. The maximum atomic E-state index is 3.85. The van der Waals surface area contributed by atoms with Gasteiger partial charge in [0.25, 0.3) is 0 Å². The van der Waals surface area contributed by atoms with Crippen molar-refractivity contribution in [2.75, 3.05) is 5.32 Å². The lowest BCUT2D eigenvalue weighted by Gasteiger charge is -2.10. The molecule has 2 rings (SSSR count). The maximum Gasteiger partial charge on any atom is 0.0623 e. The van der Waals surface area contributed by atoms with Crippen LogP contribution in [0.15, 0.2) is 53.2 Å². The summed E-state index contributed by atoms with van der Waals surface area (Å²) >= 11 is 0. The van der Waals surface area contributed by atoms with Crippen molar-refractivity contribution < 1.29 is 0 Å². The molecule has 0 saturated heterocycles. The molecular weight excluding hydrogens is 184 g/mol. The molecule has 1 aliphatic rings. The van der Waals surface area contributed by atoms with E-state index >= 15 is 0 Å². The average molecular weight is 198 g/mol. The summed E-state index contributed by atoms with van der Waals surface area (Å²) < 4.78 is 0. The van der Waals surface area contributed by atoms with Crippen molar-refractivity contribution in [1.82, 2.24) is 0 Å². The molecule has 1 aromatic rings. The zero-order valence-corrected chi connectivity index (χ0v) is 8.61. The summed E-state index contributed by atoms with van der Waals surface area (Å²) in [6, 6.07) is 7.91. The molecule has 0 atom stereocenters. The van der Waals surface area contributed by atoms with Gasteiger partial charge in [0.05, 0.1) is 5.69 Å². The number of nitrogens with zero attached hydrogens (tertiary/aromatic N) is 1. The quantitative estimate of drug-likeness (QED) is 0.736. The molecule has 0 saturated carbocycles. The fourth-order valence-corrected chi connectivity index (χ4v) is 1.52. The van der Waals surface area contributed by atoms with Crippen molar-refractivity contribution in [3.63, 3.8) is 0 Å². The highest BCUT2D eigenvalue weighted by atomic mass is 14.9. The topological polar surface area (TPSA) is 24.4 Å². The van der Waals surface area contributed by atoms with Crippen molar-refractivity contribution in [2.45, 2.75) is 12.8 Å². The van der Waals surface area contributed by atoms with E-state index < -0.39 is 0 Å². The Morgan fingerprint density at radius 2 is 1.93 bits per heavy atom. The molecule has 1 aromatic carbocycles. The van der Waals surface area contributed by atoms with Gasteiger partial charge in [-0.15, -0.1) is 0 Å². The zero-order valence-electron chi connectivity index (χ0n) is 8.61. The van der Waals surface area contributed by atoms with Crippen LogP contribution in [0.25, 0.3) is 0 Å². The van der Waals surface area contributed by atoms with Crippen LogP contribution >= 0.6 is 0 Å². The molecule has 0 amide bonds. The number of hydrogen-bond donors (Lipinski definition) is 1. The second-order valence-corrected chi connectivity index (χ2v) is 3.47. The maximum absolute atomic E-state index is 3.85. The summed E-state index contributed by atoms with van der Waals surface area (Å²) in [7, 11) is 0. The molecule has 2 heteroatoms. The summed E-state index contributed by atoms with van der Waals surface area (Å²) in [5.74, 6) is 0. The summed E-state index contributed by atoms with van der Waals surface area (Å²) in [4.78, 5) is 3.85. The van der Waals surface area contributed by atoms with Crippen LogP contribution in [0.1, 0.15) is 12.8 Å². The van der Waals surface area contributed by atoms with Crippen LogP contribution in [0.3, 0.4) is 0 Å². The van der Waals surface area contributed by atoms with Crippen molar-refractivity contribution in [2.24, 2.45) is 4.99 Å². The second kappa shape index (κ2) is 4.60. The van der Waals surface area contributed by atoms with E-state index in [-0.39, 0.29) is 0 Å². The smallest absolute Gasteiger partial charge is 0.0623 e. The van der Waals surface area contributed by atoms with Gasteiger partial charge < -0.3 is 5.32 Å². The molecule has 0 heterocycles. The van der Waals surface area contributed by atoms with Crippen LogP contribution < -0.4 is 5.32 Å². The third-order valence-electron chi connectivity index (χ3n) is 2.33. The van der Waals surface area contributed by atoms with Crippen molar-refractivity contribution in [3.05, 3.63) is 48.2 Å². The standard InChI is InChI=1S/C13H14N2/c1-14-11-7-9-13(10-8-11)15-12-5-3-2-4-6-12/h3,5-10,15H,1-2,4H2. The van der Waals surface area contributed by atoms with E-state index in [1.807, 2.05) is 24.3 Å². The summed E-state index contributed by atoms with van der Waals surface area (Å²) in [5.41, 5.74) is 3.15. The lowest BCUT2D eigenvalue weighted by Crippen LogP contribution is -1.98. The first-order chi connectivity index (χ1) is 7.38. The normalized spacial score (nSPS) is 14.5. The van der Waals surface area contributed by atoms with Gasteiger partial charge in [0, 0.05) is 11.4 Å². The SMILES string of the molecule is C=Nc1ccc(NC2=CCCC=C2)cc1. The van der Waals surface area contributed by atoms with Gasteiger partial charge in [-0.05, 0) is 49.9 Å². The van der Waals surface area contributed by atoms with E-state index in [0.717, 1.165) is 24.2 Å². The van der Waals surface area contributed by atoms with Gasteiger partial charge in [0.1, 0.15) is 0 Å². The van der Waals surface area contributed by atoms with E-state index in [2.05, 4.69) is 35.3 Å². The number of benzene rings is 1. The third-order valence-corrected chi connectivity index (χ3v) is 2.33. The molecule has 0 fully saturated rings. The molecule has 1 aliphatic carbocycles. The number of anilines is 1. The highest BCUT2D eigenvalue weighted by Crippen LogP contribution is 2.18. The Balaban J connectivity index is 2.07. The Kier molecular flexibility index (Phi) is 2.98. The zero-order chi connectivity index (χ0) is 10.5. The molecule has 0 aromatic heterocycles. The fraction of sp³-hybridized carbons (Fsp3) is 0.154. The molecule has 1 N–H and O–H groups in total. The van der Waals surface area contributed by atoms with Crippen molar-refractivity contribution in [3.8, 4) is 0 Å². The van der Waals surface area contributed by atoms with Crippen molar-refractivity contribution in [1.29, 1.82) is 0 Å². The number of hydrogen-bond acceptors (Lipinski definition) is 2. The fourth-order valence-electron chi connectivity index (χ4n) is 1.52. The van der Waals surface area contributed by atoms with Gasteiger partial charge in [-0.1, -0.05) is 12.2 Å². The van der Waals surface area contributed by atoms with E-state index in [1.165, 1.54) is 5.70 Å². The van der Waals surface area contributed by atoms with Gasteiger partial charge in [0.15, 0.2) is 0 Å². The highest BCUT2D eigenvalue weighted by Gasteiger charge is 1.97. The van der Waals surface area contributed by atoms with Gasteiger partial charge in [-0.25, -0.2) is 0 Å². The molecule has 2 nitrogen and oxygen atoms in total. The van der Waals surface area contributed by atoms with Crippen LogP contribution in [0.4, 0.5) is 11.4 Å². The minimum absolute atomic E-state index is 0.897. The van der Waals surface area contributed by atoms with Gasteiger partial charge in [-0.3, -0.25) is 4.99 Å². The molecule has 15 heavy (non-hydrogen) atoms. The van der Waals surface area contributed by atoms with E-state index in [1.54, 1.807) is 0 Å². The number of rotatable bonds is 3. The lowest BCUT2D eigenvalue weighted by atomic mass is 10.1. The Morgan fingerprint density at radius 3 is 2.53 bits per heavy atom. The Morgan fingerprint density at radius 1 is 1.13 bits per heavy atom. The molecule has 0 radical (unpaired) electrons. The average Bonchev–Trinajstić information content (AvgIpc) is 2.31. The van der Waals surface area contributed by atoms with Crippen LogP contribution in [0.5, 0.6) is 0 Å². The first kappa shape index (κ1) is 9.71. The highest BCUT2D eigenvalue weighted by molar-refractivity contribution is 5.57. The van der Waals surface area contributed by atoms with E-state index in [0.29, 0.717) is 0 Å². The first-order valence-electron chi connectivity index (χ1n) is 5.09. The van der Waals surface area contributed by atoms with Crippen LogP contribution in [0.2, 0.25) is 0 Å². The predicted molar refractivity (Wildman–Crippen MR) is 65.7 cm³/mol. The third kappa shape index (κ3) is 2.56. The minimum Gasteiger partial charge on any atom is -0.356 e. The predicted octanol–water partition coefficient (Wildman–Crippen LogP) is 3.66. The van der Waals surface area contributed by atoms with Crippen LogP contribution in [-0.2, 0) is 0 Å². The molecular formula is C13H14N2. The first-order valence-corrected chi connectivity index (χ1v) is 5.09. The summed E-state index contributed by atoms with van der Waals surface area (Å²) in [5, 5.41) is 3.34. The van der Waals surface area contributed by atoms with Crippen LogP contribution in [0, 0.1) is 0 Å². The molecule has 0 bridgehead atoms. The number of aliphatic imine (C=N–C) groups is 1. The number of allylic oxidation sites excluding steroid dienone is 3. The Hall–Kier alpha value is -1.83. The largest absolute Gasteiger partial charge is 0.356 e. The van der Waals surface area contributed by atoms with Crippen LogP contribution in [-0.4, -0.2) is 6.72 Å². The van der Waals surface area contributed by atoms with Crippen molar-refractivity contribution >= 4 is 18.1 Å². The Bertz CT molecular complexity index is 399. The number of nitrogens with one attached hydrogen (secondary N) is 1. The monoisotopic (exact) mass is 198 g/mol. The lowest BCUT2D eigenvalue weighted by molar-refractivity contribution is 1.02. The van der Waals surface area contributed by atoms with Gasteiger partial charge in [0.2, 0.25) is 0 Å². The molecule has 0 spiro atoms. The molecule has 0 unspecified atom stereocenters. The summed E-state index contributed by atoms with van der Waals surface area (Å²) in [6.45, 7) is 3.48. The Labute approximate surface area is 90.0 Å². The molecule has 0 aliphatic heterocycles. The van der Waals surface area contributed by atoms with E-state index in [4.69, 9.17) is 0 Å². The van der Waals surface area contributed by atoms with Gasteiger partial charge >= 0.3 is 0 Å². The summed E-state index contributed by atoms with van der Waals surface area (Å²) in [6.07, 6.45) is 8.76. The minimum atomic E-state index is 0.897. The second-order valence-electron chi connectivity index (χ2n) is 3.47.